The smallest absolute Gasteiger partial charge is 0.234 e. The topological polar surface area (TPSA) is 73.3 Å². The minimum Gasteiger partial charge on any atom is -0.453 e. The van der Waals surface area contributed by atoms with Crippen LogP contribution in [0.15, 0.2) is 40.8 Å². The molecule has 4 rings (SSSR count). The molecular formula is C15H10N4O2S. The van der Waals surface area contributed by atoms with E-state index in [1.54, 1.807) is 16.6 Å². The van der Waals surface area contributed by atoms with Gasteiger partial charge in [0, 0.05) is 11.1 Å². The van der Waals surface area contributed by atoms with E-state index in [-0.39, 0.29) is 0 Å². The summed E-state index contributed by atoms with van der Waals surface area (Å²) in [5.74, 6) is 1.73. The van der Waals surface area contributed by atoms with Crippen LogP contribution in [-0.2, 0) is 0 Å². The summed E-state index contributed by atoms with van der Waals surface area (Å²) in [5.41, 5.74) is 1.87. The molecule has 0 saturated carbocycles. The highest BCUT2D eigenvalue weighted by Crippen LogP contribution is 2.30. The number of aromatic nitrogens is 4. The highest BCUT2D eigenvalue weighted by atomic mass is 32.1. The average molecular weight is 310 g/mol. The van der Waals surface area contributed by atoms with Crippen LogP contribution in [0.25, 0.3) is 26.9 Å². The highest BCUT2D eigenvalue weighted by molar-refractivity contribution is 7.19. The molecule has 0 N–H and O–H groups in total. The minimum absolute atomic E-state index is 0.315. The number of carbonyl (C=O) groups excluding carboxylic acids is 1. The van der Waals surface area contributed by atoms with Crippen molar-refractivity contribution in [1.82, 2.24) is 19.8 Å². The zero-order valence-electron chi connectivity index (χ0n) is 11.6. The van der Waals surface area contributed by atoms with Crippen LogP contribution < -0.4 is 0 Å². The summed E-state index contributed by atoms with van der Waals surface area (Å²) < 4.78 is 7.19. The Morgan fingerprint density at radius 2 is 2.05 bits per heavy atom. The number of nitrogens with zero attached hydrogens (tertiary/aromatic N) is 4. The number of hydrogen-bond donors (Lipinski definition) is 0. The molecule has 0 bridgehead atoms. The van der Waals surface area contributed by atoms with Crippen molar-refractivity contribution >= 4 is 22.6 Å². The standard InChI is InChI=1S/C15H10N4O2S/c1-9-16-17-15-19(9)18-14(22-15)11-4-2-3-10(7-11)13-6-5-12(8-20)21-13/h2-8H,1H3. The van der Waals surface area contributed by atoms with Gasteiger partial charge in [-0.05, 0) is 25.1 Å². The van der Waals surface area contributed by atoms with Crippen molar-refractivity contribution in [2.75, 3.05) is 0 Å². The van der Waals surface area contributed by atoms with Crippen molar-refractivity contribution < 1.29 is 9.21 Å². The van der Waals surface area contributed by atoms with E-state index in [0.29, 0.717) is 17.8 Å². The maximum Gasteiger partial charge on any atom is 0.234 e. The van der Waals surface area contributed by atoms with E-state index in [9.17, 15) is 4.79 Å². The molecule has 0 aliphatic heterocycles. The summed E-state index contributed by atoms with van der Waals surface area (Å²) in [7, 11) is 0. The molecule has 22 heavy (non-hydrogen) atoms. The van der Waals surface area contributed by atoms with Crippen LogP contribution in [0, 0.1) is 6.92 Å². The van der Waals surface area contributed by atoms with E-state index in [1.807, 2.05) is 31.2 Å². The lowest BCUT2D eigenvalue weighted by molar-refractivity contribution is 0.110. The van der Waals surface area contributed by atoms with Gasteiger partial charge < -0.3 is 4.42 Å². The fraction of sp³-hybridized carbons (Fsp3) is 0.0667. The normalized spacial score (nSPS) is 11.1. The third kappa shape index (κ3) is 2.03. The fourth-order valence-corrected chi connectivity index (χ4v) is 3.09. The van der Waals surface area contributed by atoms with Gasteiger partial charge in [0.1, 0.15) is 10.8 Å². The van der Waals surface area contributed by atoms with Crippen LogP contribution in [0.2, 0.25) is 0 Å². The van der Waals surface area contributed by atoms with Gasteiger partial charge in [-0.1, -0.05) is 29.5 Å². The van der Waals surface area contributed by atoms with E-state index in [4.69, 9.17) is 4.42 Å². The monoisotopic (exact) mass is 310 g/mol. The molecule has 0 aliphatic carbocycles. The predicted octanol–water partition coefficient (Wildman–Crippen LogP) is 3.23. The van der Waals surface area contributed by atoms with Crippen LogP contribution >= 0.6 is 11.3 Å². The van der Waals surface area contributed by atoms with Gasteiger partial charge in [-0.2, -0.15) is 9.61 Å². The minimum atomic E-state index is 0.315. The lowest BCUT2D eigenvalue weighted by atomic mass is 10.1. The zero-order valence-corrected chi connectivity index (χ0v) is 12.4. The number of furan rings is 1. The van der Waals surface area contributed by atoms with Crippen molar-refractivity contribution in [3.05, 3.63) is 48.0 Å². The first-order valence-corrected chi connectivity index (χ1v) is 7.41. The molecule has 6 nitrogen and oxygen atoms in total. The van der Waals surface area contributed by atoms with Crippen molar-refractivity contribution in [3.8, 4) is 21.9 Å². The van der Waals surface area contributed by atoms with Crippen LogP contribution in [0.5, 0.6) is 0 Å². The lowest BCUT2D eigenvalue weighted by Gasteiger charge is -2.00. The molecule has 0 fully saturated rings. The Hall–Kier alpha value is -2.80. The second kappa shape index (κ2) is 4.88. The number of rotatable bonds is 3. The van der Waals surface area contributed by atoms with E-state index in [2.05, 4.69) is 15.3 Å². The molecular weight excluding hydrogens is 300 g/mol. The van der Waals surface area contributed by atoms with Crippen molar-refractivity contribution in [2.45, 2.75) is 6.92 Å². The molecule has 1 aromatic carbocycles. The van der Waals surface area contributed by atoms with Crippen molar-refractivity contribution in [1.29, 1.82) is 0 Å². The van der Waals surface area contributed by atoms with Crippen LogP contribution in [0.3, 0.4) is 0 Å². The Bertz CT molecular complexity index is 982. The largest absolute Gasteiger partial charge is 0.453 e. The van der Waals surface area contributed by atoms with Gasteiger partial charge >= 0.3 is 0 Å². The number of fused-ring (bicyclic) bond motifs is 1. The summed E-state index contributed by atoms with van der Waals surface area (Å²) in [6, 6.07) is 11.3. The average Bonchev–Trinajstić information content (AvgIpc) is 3.25. The molecule has 3 aromatic heterocycles. The summed E-state index contributed by atoms with van der Waals surface area (Å²) in [5, 5.41) is 13.4. The van der Waals surface area contributed by atoms with Gasteiger partial charge in [0.25, 0.3) is 0 Å². The molecule has 0 amide bonds. The Kier molecular flexibility index (Phi) is 2.87. The van der Waals surface area contributed by atoms with Gasteiger partial charge in [-0.15, -0.1) is 10.2 Å². The van der Waals surface area contributed by atoms with Crippen LogP contribution in [0.1, 0.15) is 16.4 Å². The Labute approximate surface area is 129 Å². The summed E-state index contributed by atoms with van der Waals surface area (Å²) in [6.45, 7) is 1.86. The maximum absolute atomic E-state index is 10.7. The molecule has 7 heteroatoms. The fourth-order valence-electron chi connectivity index (χ4n) is 2.21. The van der Waals surface area contributed by atoms with Crippen molar-refractivity contribution in [3.63, 3.8) is 0 Å². The number of carbonyl (C=O) groups is 1. The number of benzene rings is 1. The SMILES string of the molecule is Cc1nnc2sc(-c3cccc(-c4ccc(C=O)o4)c3)nn12. The molecule has 0 aliphatic rings. The third-order valence-corrected chi connectivity index (χ3v) is 4.23. The Morgan fingerprint density at radius 1 is 1.18 bits per heavy atom. The molecule has 3 heterocycles. The van der Waals surface area contributed by atoms with E-state index >= 15 is 0 Å². The number of aryl methyl sites for hydroxylation is 1. The highest BCUT2D eigenvalue weighted by Gasteiger charge is 2.12. The Morgan fingerprint density at radius 3 is 2.82 bits per heavy atom. The van der Waals surface area contributed by atoms with Gasteiger partial charge in [0.05, 0.1) is 0 Å². The van der Waals surface area contributed by atoms with Crippen LogP contribution in [-0.4, -0.2) is 26.1 Å². The number of hydrogen-bond acceptors (Lipinski definition) is 6. The first-order valence-electron chi connectivity index (χ1n) is 6.59. The Balaban J connectivity index is 1.78. The molecule has 0 atom stereocenters. The quantitative estimate of drug-likeness (QED) is 0.543. The molecule has 4 aromatic rings. The summed E-state index contributed by atoms with van der Waals surface area (Å²) in [4.78, 5) is 11.5. The summed E-state index contributed by atoms with van der Waals surface area (Å²) >= 11 is 1.48. The van der Waals surface area contributed by atoms with Gasteiger partial charge in [-0.25, -0.2) is 0 Å². The van der Waals surface area contributed by atoms with E-state index in [1.165, 1.54) is 11.3 Å². The molecule has 0 unspecified atom stereocenters. The first kappa shape index (κ1) is 12.9. The van der Waals surface area contributed by atoms with E-state index < -0.39 is 0 Å². The van der Waals surface area contributed by atoms with Gasteiger partial charge in [-0.3, -0.25) is 4.79 Å². The maximum atomic E-state index is 10.7. The zero-order chi connectivity index (χ0) is 15.1. The van der Waals surface area contributed by atoms with E-state index in [0.717, 1.165) is 26.9 Å². The van der Waals surface area contributed by atoms with Crippen LogP contribution in [0.4, 0.5) is 0 Å². The second-order valence-corrected chi connectivity index (χ2v) is 5.71. The molecule has 0 radical (unpaired) electrons. The lowest BCUT2D eigenvalue weighted by Crippen LogP contribution is -1.88. The van der Waals surface area contributed by atoms with Gasteiger partial charge in [0.15, 0.2) is 17.9 Å². The molecule has 0 spiro atoms. The second-order valence-electron chi connectivity index (χ2n) is 4.75. The van der Waals surface area contributed by atoms with Crippen molar-refractivity contribution in [2.24, 2.45) is 0 Å². The predicted molar refractivity (Wildman–Crippen MR) is 81.9 cm³/mol. The summed E-state index contributed by atoms with van der Waals surface area (Å²) in [6.07, 6.45) is 0.693. The molecule has 108 valence electrons. The first-order chi connectivity index (χ1) is 10.7. The van der Waals surface area contributed by atoms with Gasteiger partial charge in [0.2, 0.25) is 4.96 Å². The molecule has 0 saturated heterocycles. The number of aldehydes is 1. The third-order valence-electron chi connectivity index (χ3n) is 3.28.